The van der Waals surface area contributed by atoms with Gasteiger partial charge in [0.15, 0.2) is 17.5 Å². The molecule has 1 aliphatic heterocycles. The molecule has 2 aromatic carbocycles. The van der Waals surface area contributed by atoms with Crippen molar-refractivity contribution in [3.63, 3.8) is 0 Å². The Morgan fingerprint density at radius 3 is 2.03 bits per heavy atom. The second kappa shape index (κ2) is 9.44. The number of amides is 1. The maximum atomic E-state index is 13.9. The molecule has 0 radical (unpaired) electrons. The number of aryl methyl sites for hydroxylation is 2. The van der Waals surface area contributed by atoms with Crippen molar-refractivity contribution in [1.82, 2.24) is 9.21 Å². The highest BCUT2D eigenvalue weighted by atomic mass is 32.2. The highest BCUT2D eigenvalue weighted by molar-refractivity contribution is 7.89. The molecule has 1 saturated heterocycles. The average molecular weight is 484 g/mol. The molecular weight excluding hydrogens is 455 g/mol. The quantitative estimate of drug-likeness (QED) is 0.659. The summed E-state index contributed by atoms with van der Waals surface area (Å²) < 4.78 is 68.6. The Morgan fingerprint density at radius 2 is 1.48 bits per heavy atom. The summed E-state index contributed by atoms with van der Waals surface area (Å²) in [5.41, 5.74) is 2.81. The normalized spacial score (nSPS) is 16.6. The summed E-state index contributed by atoms with van der Waals surface area (Å²) in [6.07, 6.45) is 0. The minimum absolute atomic E-state index is 0.186. The first-order valence-corrected chi connectivity index (χ1v) is 12.1. The average Bonchev–Trinajstić information content (AvgIpc) is 2.77. The fraction of sp³-hybridized carbons (Fsp3) is 0.435. The summed E-state index contributed by atoms with van der Waals surface area (Å²) >= 11 is 0. The van der Waals surface area contributed by atoms with E-state index >= 15 is 0 Å². The Morgan fingerprint density at radius 1 is 0.939 bits per heavy atom. The van der Waals surface area contributed by atoms with Crippen LogP contribution < -0.4 is 5.32 Å². The van der Waals surface area contributed by atoms with Crippen LogP contribution in [0.25, 0.3) is 0 Å². The maximum absolute atomic E-state index is 13.9. The van der Waals surface area contributed by atoms with Gasteiger partial charge >= 0.3 is 0 Å². The lowest BCUT2D eigenvalue weighted by Crippen LogP contribution is -2.54. The maximum Gasteiger partial charge on any atom is 0.243 e. The molecule has 1 heterocycles. The molecule has 0 bridgehead atoms. The largest absolute Gasteiger partial charge is 0.322 e. The summed E-state index contributed by atoms with van der Waals surface area (Å²) in [5, 5.41) is 2.28. The van der Waals surface area contributed by atoms with Crippen LogP contribution in [0.2, 0.25) is 0 Å². The fourth-order valence-corrected chi connectivity index (χ4v) is 6.05. The first kappa shape index (κ1) is 25.2. The van der Waals surface area contributed by atoms with E-state index in [9.17, 15) is 26.4 Å². The van der Waals surface area contributed by atoms with Crippen LogP contribution in [0.15, 0.2) is 23.1 Å². The van der Waals surface area contributed by atoms with E-state index in [0.717, 1.165) is 34.4 Å². The Labute approximate surface area is 192 Å². The van der Waals surface area contributed by atoms with Crippen LogP contribution >= 0.6 is 0 Å². The lowest BCUT2D eigenvalue weighted by molar-refractivity contribution is -0.121. The van der Waals surface area contributed by atoms with Crippen molar-refractivity contribution in [3.8, 4) is 0 Å². The van der Waals surface area contributed by atoms with E-state index < -0.39 is 45.1 Å². The van der Waals surface area contributed by atoms with E-state index in [-0.39, 0.29) is 26.2 Å². The molecule has 1 atom stereocenters. The number of piperazine rings is 1. The third-order valence-corrected chi connectivity index (χ3v) is 8.56. The Kier molecular flexibility index (Phi) is 7.21. The molecule has 0 aromatic heterocycles. The van der Waals surface area contributed by atoms with Crippen LogP contribution in [0.4, 0.5) is 18.9 Å². The molecule has 33 heavy (non-hydrogen) atoms. The molecule has 1 aliphatic rings. The van der Waals surface area contributed by atoms with E-state index in [1.54, 1.807) is 25.7 Å². The third-order valence-electron chi connectivity index (χ3n) is 6.39. The smallest absolute Gasteiger partial charge is 0.243 e. The molecule has 0 aliphatic carbocycles. The van der Waals surface area contributed by atoms with Crippen molar-refractivity contribution < 1.29 is 26.4 Å². The Bertz CT molecular complexity index is 1170. The zero-order valence-electron chi connectivity index (χ0n) is 19.3. The molecule has 1 amide bonds. The van der Waals surface area contributed by atoms with Gasteiger partial charge in [0.2, 0.25) is 15.9 Å². The van der Waals surface area contributed by atoms with Gasteiger partial charge in [0.1, 0.15) is 0 Å². The number of halogens is 3. The van der Waals surface area contributed by atoms with E-state index in [1.807, 2.05) is 19.9 Å². The van der Waals surface area contributed by atoms with Gasteiger partial charge < -0.3 is 5.32 Å². The first-order valence-electron chi connectivity index (χ1n) is 10.6. The lowest BCUT2D eigenvalue weighted by Gasteiger charge is -2.37. The van der Waals surface area contributed by atoms with Crippen molar-refractivity contribution in [2.45, 2.75) is 45.6 Å². The molecule has 180 valence electrons. The van der Waals surface area contributed by atoms with Crippen LogP contribution in [0.3, 0.4) is 0 Å². The van der Waals surface area contributed by atoms with Crippen LogP contribution in [0.5, 0.6) is 0 Å². The SMILES string of the molecule is Cc1cc(C)c(C)c(S(=O)(=O)N2CCN([C@H](C)C(=O)Nc3ccc(F)c(F)c3F)CC2)c1C. The molecule has 0 unspecified atom stereocenters. The molecule has 10 heteroatoms. The number of anilines is 1. The second-order valence-corrected chi connectivity index (χ2v) is 10.3. The number of carbonyl (C=O) groups excluding carboxylic acids is 1. The van der Waals surface area contributed by atoms with Crippen molar-refractivity contribution >= 4 is 21.6 Å². The van der Waals surface area contributed by atoms with Gasteiger partial charge in [0, 0.05) is 26.2 Å². The summed E-state index contributed by atoms with van der Waals surface area (Å²) in [7, 11) is -3.72. The summed E-state index contributed by atoms with van der Waals surface area (Å²) in [6.45, 7) is 9.91. The number of rotatable bonds is 5. The Hall–Kier alpha value is -2.43. The van der Waals surface area contributed by atoms with Gasteiger partial charge in [0.05, 0.1) is 16.6 Å². The number of carbonyl (C=O) groups is 1. The molecule has 1 N–H and O–H groups in total. The zero-order chi connectivity index (χ0) is 24.7. The lowest BCUT2D eigenvalue weighted by atomic mass is 10.0. The molecule has 3 rings (SSSR count). The number of benzene rings is 2. The van der Waals surface area contributed by atoms with E-state index in [4.69, 9.17) is 0 Å². The molecule has 0 saturated carbocycles. The molecule has 0 spiro atoms. The highest BCUT2D eigenvalue weighted by Crippen LogP contribution is 2.29. The summed E-state index contributed by atoms with van der Waals surface area (Å²) in [6, 6.07) is 2.93. The molecule has 2 aromatic rings. The van der Waals surface area contributed by atoms with Gasteiger partial charge in [-0.05, 0) is 69.0 Å². The van der Waals surface area contributed by atoms with Crippen molar-refractivity contribution in [3.05, 3.63) is 57.9 Å². The predicted molar refractivity (Wildman–Crippen MR) is 120 cm³/mol. The first-order chi connectivity index (χ1) is 15.4. The fourth-order valence-electron chi connectivity index (χ4n) is 4.05. The zero-order valence-corrected chi connectivity index (χ0v) is 20.1. The summed E-state index contributed by atoms with van der Waals surface area (Å²) in [5.74, 6) is -5.07. The Balaban J connectivity index is 1.71. The second-order valence-electron chi connectivity index (χ2n) is 8.42. The van der Waals surface area contributed by atoms with Gasteiger partial charge in [-0.25, -0.2) is 21.6 Å². The number of hydrogen-bond donors (Lipinski definition) is 1. The topological polar surface area (TPSA) is 69.7 Å². The number of sulfonamides is 1. The van der Waals surface area contributed by atoms with Crippen LogP contribution in [-0.2, 0) is 14.8 Å². The number of hydrogen-bond acceptors (Lipinski definition) is 4. The van der Waals surface area contributed by atoms with Gasteiger partial charge in [-0.1, -0.05) is 6.07 Å². The molecular formula is C23H28F3N3O3S. The van der Waals surface area contributed by atoms with Crippen molar-refractivity contribution in [2.75, 3.05) is 31.5 Å². The van der Waals surface area contributed by atoms with Crippen molar-refractivity contribution in [2.24, 2.45) is 0 Å². The predicted octanol–water partition coefficient (Wildman–Crippen LogP) is 3.67. The summed E-state index contributed by atoms with van der Waals surface area (Å²) in [4.78, 5) is 14.6. The van der Waals surface area contributed by atoms with Gasteiger partial charge in [-0.2, -0.15) is 4.31 Å². The minimum Gasteiger partial charge on any atom is -0.322 e. The third kappa shape index (κ3) is 4.78. The van der Waals surface area contributed by atoms with Gasteiger partial charge in [-0.15, -0.1) is 0 Å². The van der Waals surface area contributed by atoms with E-state index in [2.05, 4.69) is 5.32 Å². The van der Waals surface area contributed by atoms with E-state index in [0.29, 0.717) is 4.90 Å². The molecule has 1 fully saturated rings. The standard InChI is InChI=1S/C23H28F3N3O3S/c1-13-12-14(2)16(4)22(15(13)3)33(31,32)29-10-8-28(9-11-29)17(5)23(30)27-19-7-6-18(24)20(25)21(19)26/h6-7,12,17H,8-11H2,1-5H3,(H,27,30)/t17-/m1/s1. The molecule has 6 nitrogen and oxygen atoms in total. The number of nitrogens with zero attached hydrogens (tertiary/aromatic N) is 2. The van der Waals surface area contributed by atoms with Crippen molar-refractivity contribution in [1.29, 1.82) is 0 Å². The minimum atomic E-state index is -3.72. The van der Waals surface area contributed by atoms with Crippen LogP contribution in [0.1, 0.15) is 29.2 Å². The number of nitrogens with one attached hydrogen (secondary N) is 1. The van der Waals surface area contributed by atoms with Gasteiger partial charge in [0.25, 0.3) is 0 Å². The van der Waals surface area contributed by atoms with E-state index in [1.165, 1.54) is 4.31 Å². The van der Waals surface area contributed by atoms with Gasteiger partial charge in [-0.3, -0.25) is 9.69 Å². The van der Waals surface area contributed by atoms with Crippen LogP contribution in [-0.4, -0.2) is 55.8 Å². The van der Waals surface area contributed by atoms with Crippen LogP contribution in [0, 0.1) is 45.1 Å². The monoisotopic (exact) mass is 483 g/mol. The highest BCUT2D eigenvalue weighted by Gasteiger charge is 2.34.